The minimum atomic E-state index is -1.29. The van der Waals surface area contributed by atoms with Gasteiger partial charge >= 0.3 is 0 Å². The predicted molar refractivity (Wildman–Crippen MR) is 279 cm³/mol. The largest absolute Gasteiger partial charge is 0.394 e. The van der Waals surface area contributed by atoms with Gasteiger partial charge in [-0.25, -0.2) is 0 Å². The van der Waals surface area contributed by atoms with Crippen molar-refractivity contribution in [1.82, 2.24) is 5.32 Å². The minimum Gasteiger partial charge on any atom is -0.394 e. The molecule has 1 amide bonds. The van der Waals surface area contributed by atoms with E-state index in [0.29, 0.717) is 19.3 Å². The highest BCUT2D eigenvalue weighted by Crippen LogP contribution is 2.18. The number of carbonyl (C=O) groups excluding carboxylic acids is 1. The highest BCUT2D eigenvalue weighted by Gasteiger charge is 2.28. The second-order valence-corrected chi connectivity index (χ2v) is 20.0. The Morgan fingerprint density at radius 3 is 0.984 bits per heavy atom. The van der Waals surface area contributed by atoms with E-state index in [4.69, 9.17) is 0 Å². The number of allylic oxidation sites excluding steroid dienone is 4. The van der Waals surface area contributed by atoms with Crippen LogP contribution < -0.4 is 5.32 Å². The number of amides is 1. The summed E-state index contributed by atoms with van der Waals surface area (Å²) < 4.78 is 0. The van der Waals surface area contributed by atoms with Crippen LogP contribution in [0.3, 0.4) is 0 Å². The molecule has 6 heteroatoms. The van der Waals surface area contributed by atoms with Gasteiger partial charge in [-0.05, 0) is 51.4 Å². The summed E-state index contributed by atoms with van der Waals surface area (Å²) in [7, 11) is 0. The Morgan fingerprint density at radius 2 is 0.656 bits per heavy atom. The van der Waals surface area contributed by atoms with Crippen LogP contribution in [0.4, 0.5) is 0 Å². The van der Waals surface area contributed by atoms with E-state index in [0.717, 1.165) is 38.5 Å². The monoisotopic (exact) mass is 904 g/mol. The second-order valence-electron chi connectivity index (χ2n) is 20.0. The topological polar surface area (TPSA) is 110 Å². The fourth-order valence-electron chi connectivity index (χ4n) is 9.13. The first kappa shape index (κ1) is 62.8. The Kier molecular flexibility index (Phi) is 51.8. The SMILES string of the molecule is CCCCCCCCC/C=C/CC/C=C/CCCC(O)C(O)C(CO)NC(=O)C(O)CCCCCCCCCCCCCCCCCCCCCCCCCCCCCCCCCC. The summed E-state index contributed by atoms with van der Waals surface area (Å²) in [5.74, 6) is -0.592. The summed E-state index contributed by atoms with van der Waals surface area (Å²) in [5, 5.41) is 43.9. The van der Waals surface area contributed by atoms with Crippen LogP contribution in [0.15, 0.2) is 24.3 Å². The second kappa shape index (κ2) is 52.8. The quantitative estimate of drug-likeness (QED) is 0.0308. The van der Waals surface area contributed by atoms with Gasteiger partial charge in [0.2, 0.25) is 5.91 Å². The molecule has 0 fully saturated rings. The number of aliphatic hydroxyl groups is 4. The smallest absolute Gasteiger partial charge is 0.249 e. The molecule has 0 saturated heterocycles. The Balaban J connectivity index is 3.57. The highest BCUT2D eigenvalue weighted by molar-refractivity contribution is 5.80. The lowest BCUT2D eigenvalue weighted by Crippen LogP contribution is -2.53. The number of carbonyl (C=O) groups is 1. The zero-order valence-corrected chi connectivity index (χ0v) is 43.0. The van der Waals surface area contributed by atoms with E-state index in [9.17, 15) is 25.2 Å². The molecule has 0 aromatic heterocycles. The van der Waals surface area contributed by atoms with E-state index in [2.05, 4.69) is 43.5 Å². The van der Waals surface area contributed by atoms with Gasteiger partial charge in [0.15, 0.2) is 0 Å². The molecule has 4 atom stereocenters. The van der Waals surface area contributed by atoms with E-state index in [1.807, 2.05) is 0 Å². The molecule has 0 bridgehead atoms. The van der Waals surface area contributed by atoms with Gasteiger partial charge in [-0.1, -0.05) is 282 Å². The molecule has 0 heterocycles. The summed E-state index contributed by atoms with van der Waals surface area (Å²) >= 11 is 0. The molecule has 0 saturated carbocycles. The summed E-state index contributed by atoms with van der Waals surface area (Å²) in [5.41, 5.74) is 0. The number of nitrogens with one attached hydrogen (secondary N) is 1. The first-order valence-corrected chi connectivity index (χ1v) is 28.7. The van der Waals surface area contributed by atoms with Crippen LogP contribution in [-0.2, 0) is 4.79 Å². The van der Waals surface area contributed by atoms with Crippen LogP contribution in [0, 0.1) is 0 Å². The van der Waals surface area contributed by atoms with Gasteiger partial charge in [0.25, 0.3) is 0 Å². The number of rotatable bonds is 53. The third kappa shape index (κ3) is 45.9. The third-order valence-electron chi connectivity index (χ3n) is 13.6. The van der Waals surface area contributed by atoms with E-state index >= 15 is 0 Å². The fraction of sp³-hybridized carbons (Fsp3) is 0.914. The zero-order chi connectivity index (χ0) is 46.7. The van der Waals surface area contributed by atoms with Crippen LogP contribution in [0.1, 0.15) is 309 Å². The van der Waals surface area contributed by atoms with Crippen molar-refractivity contribution < 1.29 is 25.2 Å². The zero-order valence-electron chi connectivity index (χ0n) is 43.0. The summed E-state index contributed by atoms with van der Waals surface area (Å²) in [6.07, 6.45) is 64.1. The Labute approximate surface area is 399 Å². The Hall–Kier alpha value is -1.21. The molecule has 0 aromatic rings. The van der Waals surface area contributed by atoms with Crippen LogP contribution in [-0.4, -0.2) is 57.3 Å². The normalized spacial score (nSPS) is 13.9. The van der Waals surface area contributed by atoms with Crippen molar-refractivity contribution in [3.8, 4) is 0 Å². The minimum absolute atomic E-state index is 0.365. The lowest BCUT2D eigenvalue weighted by Gasteiger charge is -2.27. The summed E-state index contributed by atoms with van der Waals surface area (Å²) in [6, 6.07) is -1.01. The maximum absolute atomic E-state index is 12.6. The van der Waals surface area contributed by atoms with Crippen molar-refractivity contribution in [1.29, 1.82) is 0 Å². The van der Waals surface area contributed by atoms with Crippen molar-refractivity contribution in [2.45, 2.75) is 334 Å². The highest BCUT2D eigenvalue weighted by atomic mass is 16.3. The third-order valence-corrected chi connectivity index (χ3v) is 13.6. The van der Waals surface area contributed by atoms with E-state index in [-0.39, 0.29) is 0 Å². The maximum atomic E-state index is 12.6. The van der Waals surface area contributed by atoms with Crippen LogP contribution in [0.2, 0.25) is 0 Å². The molecule has 64 heavy (non-hydrogen) atoms. The van der Waals surface area contributed by atoms with Gasteiger partial charge in [0, 0.05) is 0 Å². The molecule has 0 aromatic carbocycles. The molecule has 0 aliphatic carbocycles. The molecule has 0 aliphatic rings. The predicted octanol–water partition coefficient (Wildman–Crippen LogP) is 16.6. The average Bonchev–Trinajstić information content (AvgIpc) is 3.30. The van der Waals surface area contributed by atoms with Crippen molar-refractivity contribution in [2.75, 3.05) is 6.61 Å². The Morgan fingerprint density at radius 1 is 0.375 bits per heavy atom. The molecular formula is C58H113NO5. The van der Waals surface area contributed by atoms with Gasteiger partial charge in [-0.15, -0.1) is 0 Å². The molecule has 5 N–H and O–H groups in total. The van der Waals surface area contributed by atoms with Gasteiger partial charge in [-0.2, -0.15) is 0 Å². The van der Waals surface area contributed by atoms with Gasteiger partial charge in [-0.3, -0.25) is 4.79 Å². The van der Waals surface area contributed by atoms with Crippen LogP contribution >= 0.6 is 0 Å². The standard InChI is InChI=1S/C58H113NO5/c1-3-5-7-9-11-13-15-17-19-21-22-23-24-25-26-27-28-29-30-31-32-33-34-35-36-38-40-42-44-46-48-50-52-56(62)58(64)59-54(53-60)57(63)55(61)51-49-47-45-43-41-39-37-20-18-16-14-12-10-8-6-4-2/h20,37,43,45,54-57,60-63H,3-19,21-36,38-42,44,46-53H2,1-2H3,(H,59,64)/b37-20+,45-43+. The van der Waals surface area contributed by atoms with Crippen molar-refractivity contribution in [3.05, 3.63) is 24.3 Å². The van der Waals surface area contributed by atoms with Gasteiger partial charge < -0.3 is 25.7 Å². The first-order chi connectivity index (χ1) is 31.5. The number of hydrogen-bond acceptors (Lipinski definition) is 5. The lowest BCUT2D eigenvalue weighted by molar-refractivity contribution is -0.132. The number of unbranched alkanes of at least 4 members (excludes halogenated alkanes) is 40. The van der Waals surface area contributed by atoms with Crippen LogP contribution in [0.5, 0.6) is 0 Å². The molecule has 380 valence electrons. The van der Waals surface area contributed by atoms with E-state index in [1.54, 1.807) is 0 Å². The van der Waals surface area contributed by atoms with Crippen molar-refractivity contribution >= 4 is 5.91 Å². The average molecular weight is 905 g/mol. The molecule has 4 unspecified atom stereocenters. The first-order valence-electron chi connectivity index (χ1n) is 28.7. The molecule has 6 nitrogen and oxygen atoms in total. The summed E-state index contributed by atoms with van der Waals surface area (Å²) in [4.78, 5) is 12.6. The summed E-state index contributed by atoms with van der Waals surface area (Å²) in [6.45, 7) is 4.06. The lowest BCUT2D eigenvalue weighted by atomic mass is 10.00. The number of aliphatic hydroxyl groups excluding tert-OH is 4. The molecule has 0 rings (SSSR count). The van der Waals surface area contributed by atoms with Crippen molar-refractivity contribution in [3.63, 3.8) is 0 Å². The van der Waals surface area contributed by atoms with Gasteiger partial charge in [0.05, 0.1) is 18.8 Å². The Bertz CT molecular complexity index is 970. The molecule has 0 spiro atoms. The molecular weight excluding hydrogens is 791 g/mol. The van der Waals surface area contributed by atoms with E-state index in [1.165, 1.54) is 238 Å². The molecule has 0 aliphatic heterocycles. The fourth-order valence-corrected chi connectivity index (χ4v) is 9.13. The van der Waals surface area contributed by atoms with Gasteiger partial charge in [0.1, 0.15) is 12.2 Å². The number of hydrogen-bond donors (Lipinski definition) is 5. The maximum Gasteiger partial charge on any atom is 0.249 e. The van der Waals surface area contributed by atoms with E-state index < -0.39 is 36.9 Å². The van der Waals surface area contributed by atoms with Crippen LogP contribution in [0.25, 0.3) is 0 Å². The molecule has 0 radical (unpaired) electrons. The van der Waals surface area contributed by atoms with Crippen molar-refractivity contribution in [2.24, 2.45) is 0 Å².